The fourth-order valence-corrected chi connectivity index (χ4v) is 5.38. The van der Waals surface area contributed by atoms with Gasteiger partial charge in [0.1, 0.15) is 6.04 Å². The Hall–Kier alpha value is -0.270. The molecular formula is C12H22N2O3S2. The van der Waals surface area contributed by atoms with E-state index in [1.54, 1.807) is 11.9 Å². The van der Waals surface area contributed by atoms with Crippen molar-refractivity contribution in [2.45, 2.75) is 30.6 Å². The molecular weight excluding hydrogens is 284 g/mol. The molecule has 2 rings (SSSR count). The van der Waals surface area contributed by atoms with Gasteiger partial charge in [-0.05, 0) is 25.6 Å². The van der Waals surface area contributed by atoms with E-state index in [0.29, 0.717) is 18.3 Å². The van der Waals surface area contributed by atoms with E-state index in [2.05, 4.69) is 5.32 Å². The second-order valence-corrected chi connectivity index (χ2v) is 8.87. The molecule has 110 valence electrons. The summed E-state index contributed by atoms with van der Waals surface area (Å²) in [4.78, 5) is 14.1. The summed E-state index contributed by atoms with van der Waals surface area (Å²) in [5.41, 5.74) is 0. The minimum Gasteiger partial charge on any atom is -0.339 e. The number of carbonyl (C=O) groups excluding carboxylic acids is 1. The minimum atomic E-state index is -3.12. The molecule has 1 N–H and O–H groups in total. The highest BCUT2D eigenvalue weighted by atomic mass is 32.2. The summed E-state index contributed by atoms with van der Waals surface area (Å²) >= 11 is 1.91. The maximum atomic E-state index is 12.3. The van der Waals surface area contributed by atoms with Gasteiger partial charge in [0.05, 0.1) is 11.5 Å². The van der Waals surface area contributed by atoms with Crippen molar-refractivity contribution in [2.24, 2.45) is 0 Å². The maximum absolute atomic E-state index is 12.3. The van der Waals surface area contributed by atoms with E-state index in [0.717, 1.165) is 12.2 Å². The van der Waals surface area contributed by atoms with Crippen molar-refractivity contribution in [1.82, 2.24) is 10.2 Å². The Morgan fingerprint density at radius 2 is 2.21 bits per heavy atom. The SMILES string of the molecule is CNC1CS(=O)(=O)CCN(CC2CCCCS2)C1=O. The number of carbonyl (C=O) groups is 1. The standard InChI is InChI=1S/C12H22N2O3S2/c1-13-11-9-19(16,17)7-5-14(12(11)15)8-10-4-2-3-6-18-10/h10-11,13H,2-9H2,1H3. The number of rotatable bonds is 3. The molecule has 0 saturated carbocycles. The van der Waals surface area contributed by atoms with Gasteiger partial charge in [-0.15, -0.1) is 0 Å². The lowest BCUT2D eigenvalue weighted by Crippen LogP contribution is -2.48. The first-order valence-corrected chi connectivity index (χ1v) is 9.67. The van der Waals surface area contributed by atoms with Crippen LogP contribution in [0, 0.1) is 0 Å². The molecule has 1 amide bonds. The molecule has 7 heteroatoms. The van der Waals surface area contributed by atoms with Crippen LogP contribution in [-0.4, -0.2) is 67.9 Å². The highest BCUT2D eigenvalue weighted by molar-refractivity contribution is 7.99. The van der Waals surface area contributed by atoms with Crippen LogP contribution in [0.15, 0.2) is 0 Å². The van der Waals surface area contributed by atoms with Gasteiger partial charge in [-0.25, -0.2) is 8.42 Å². The van der Waals surface area contributed by atoms with Crippen molar-refractivity contribution in [1.29, 1.82) is 0 Å². The normalized spacial score (nSPS) is 32.1. The summed E-state index contributed by atoms with van der Waals surface area (Å²) in [5, 5.41) is 3.31. The van der Waals surface area contributed by atoms with E-state index >= 15 is 0 Å². The third-order valence-corrected chi connectivity index (χ3v) is 6.78. The topological polar surface area (TPSA) is 66.5 Å². The summed E-state index contributed by atoms with van der Waals surface area (Å²) in [6, 6.07) is -0.582. The Labute approximate surface area is 119 Å². The summed E-state index contributed by atoms with van der Waals surface area (Å²) in [6.07, 6.45) is 3.60. The molecule has 2 saturated heterocycles. The number of likely N-dealkylation sites (N-methyl/N-ethyl adjacent to an activating group) is 1. The number of nitrogens with one attached hydrogen (secondary N) is 1. The first-order chi connectivity index (χ1) is 9.02. The van der Waals surface area contributed by atoms with Gasteiger partial charge >= 0.3 is 0 Å². The molecule has 0 radical (unpaired) electrons. The maximum Gasteiger partial charge on any atom is 0.240 e. The number of thioether (sulfide) groups is 1. The summed E-state index contributed by atoms with van der Waals surface area (Å²) in [5.74, 6) is 1.11. The van der Waals surface area contributed by atoms with Crippen molar-refractivity contribution in [3.63, 3.8) is 0 Å². The molecule has 2 unspecified atom stereocenters. The second kappa shape index (κ2) is 6.45. The van der Waals surface area contributed by atoms with Gasteiger partial charge < -0.3 is 10.2 Å². The molecule has 2 aliphatic rings. The zero-order valence-corrected chi connectivity index (χ0v) is 12.9. The van der Waals surface area contributed by atoms with Crippen LogP contribution >= 0.6 is 11.8 Å². The van der Waals surface area contributed by atoms with E-state index in [-0.39, 0.29) is 17.4 Å². The second-order valence-electron chi connectivity index (χ2n) is 5.23. The lowest BCUT2D eigenvalue weighted by Gasteiger charge is -2.29. The largest absolute Gasteiger partial charge is 0.339 e. The summed E-state index contributed by atoms with van der Waals surface area (Å²) in [7, 11) is -1.47. The summed E-state index contributed by atoms with van der Waals surface area (Å²) in [6.45, 7) is 1.04. The number of hydrogen-bond acceptors (Lipinski definition) is 5. The minimum absolute atomic E-state index is 0.0604. The Bertz CT molecular complexity index is 419. The van der Waals surface area contributed by atoms with Crippen LogP contribution in [0.1, 0.15) is 19.3 Å². The van der Waals surface area contributed by atoms with E-state index < -0.39 is 15.9 Å². The molecule has 0 aromatic rings. The molecule has 19 heavy (non-hydrogen) atoms. The predicted octanol–water partition coefficient (Wildman–Crippen LogP) is 0.117. The Balaban J connectivity index is 2.04. The van der Waals surface area contributed by atoms with E-state index in [4.69, 9.17) is 0 Å². The van der Waals surface area contributed by atoms with Crippen LogP contribution in [0.25, 0.3) is 0 Å². The van der Waals surface area contributed by atoms with Gasteiger partial charge in [0.25, 0.3) is 0 Å². The fraction of sp³-hybridized carbons (Fsp3) is 0.917. The van der Waals surface area contributed by atoms with Gasteiger partial charge in [-0.3, -0.25) is 4.79 Å². The van der Waals surface area contributed by atoms with E-state index in [1.165, 1.54) is 12.8 Å². The van der Waals surface area contributed by atoms with Crippen LogP contribution in [-0.2, 0) is 14.6 Å². The zero-order valence-electron chi connectivity index (χ0n) is 11.3. The van der Waals surface area contributed by atoms with Crippen LogP contribution in [0.2, 0.25) is 0 Å². The van der Waals surface area contributed by atoms with Crippen LogP contribution in [0.4, 0.5) is 0 Å². The summed E-state index contributed by atoms with van der Waals surface area (Å²) < 4.78 is 23.6. The molecule has 2 atom stereocenters. The van der Waals surface area contributed by atoms with Gasteiger partial charge in [0, 0.05) is 18.3 Å². The van der Waals surface area contributed by atoms with Crippen molar-refractivity contribution >= 4 is 27.5 Å². The number of amides is 1. The average Bonchev–Trinajstić information content (AvgIpc) is 2.51. The highest BCUT2D eigenvalue weighted by Crippen LogP contribution is 2.26. The lowest BCUT2D eigenvalue weighted by atomic mass is 10.1. The Morgan fingerprint density at radius 3 is 2.84 bits per heavy atom. The first-order valence-electron chi connectivity index (χ1n) is 6.80. The van der Waals surface area contributed by atoms with Crippen LogP contribution < -0.4 is 5.32 Å². The molecule has 0 spiro atoms. The molecule has 0 aromatic heterocycles. The molecule has 0 aliphatic carbocycles. The number of nitrogens with zero attached hydrogens (tertiary/aromatic N) is 1. The number of hydrogen-bond donors (Lipinski definition) is 1. The Kier molecular flexibility index (Phi) is 5.14. The van der Waals surface area contributed by atoms with Gasteiger partial charge in [-0.1, -0.05) is 6.42 Å². The number of sulfone groups is 1. The van der Waals surface area contributed by atoms with Gasteiger partial charge in [-0.2, -0.15) is 11.8 Å². The molecule has 2 heterocycles. The smallest absolute Gasteiger partial charge is 0.240 e. The van der Waals surface area contributed by atoms with Gasteiger partial charge in [0.2, 0.25) is 5.91 Å². The lowest BCUT2D eigenvalue weighted by molar-refractivity contribution is -0.132. The monoisotopic (exact) mass is 306 g/mol. The molecule has 2 aliphatic heterocycles. The predicted molar refractivity (Wildman–Crippen MR) is 78.2 cm³/mol. The first kappa shape index (κ1) is 15.1. The van der Waals surface area contributed by atoms with Crippen molar-refractivity contribution < 1.29 is 13.2 Å². The average molecular weight is 306 g/mol. The van der Waals surface area contributed by atoms with Crippen molar-refractivity contribution in [3.05, 3.63) is 0 Å². The molecule has 0 aromatic carbocycles. The third-order valence-electron chi connectivity index (χ3n) is 3.75. The highest BCUT2D eigenvalue weighted by Gasteiger charge is 2.33. The van der Waals surface area contributed by atoms with E-state index in [9.17, 15) is 13.2 Å². The zero-order chi connectivity index (χ0) is 13.9. The van der Waals surface area contributed by atoms with Gasteiger partial charge in [0.15, 0.2) is 9.84 Å². The molecule has 2 fully saturated rings. The molecule has 5 nitrogen and oxygen atoms in total. The van der Waals surface area contributed by atoms with Crippen LogP contribution in [0.5, 0.6) is 0 Å². The van der Waals surface area contributed by atoms with Crippen molar-refractivity contribution in [2.75, 3.05) is 37.4 Å². The third kappa shape index (κ3) is 4.10. The fourth-order valence-electron chi connectivity index (χ4n) is 2.57. The Morgan fingerprint density at radius 1 is 1.42 bits per heavy atom. The van der Waals surface area contributed by atoms with Crippen LogP contribution in [0.3, 0.4) is 0 Å². The van der Waals surface area contributed by atoms with E-state index in [1.807, 2.05) is 11.8 Å². The molecule has 0 bridgehead atoms. The quantitative estimate of drug-likeness (QED) is 0.802. The van der Waals surface area contributed by atoms with Crippen molar-refractivity contribution in [3.8, 4) is 0 Å².